The molecule has 0 aliphatic carbocycles. The second-order valence-corrected chi connectivity index (χ2v) is 4.15. The maximum Gasteiger partial charge on any atom is 0.329 e. The predicted molar refractivity (Wildman–Crippen MR) is 81.4 cm³/mol. The number of carboxylic acids is 1. The fourth-order valence-corrected chi connectivity index (χ4v) is 1.29. The van der Waals surface area contributed by atoms with Crippen molar-refractivity contribution in [2.24, 2.45) is 0 Å². The van der Waals surface area contributed by atoms with Crippen molar-refractivity contribution >= 4 is 5.97 Å². The molecule has 0 radical (unpaired) electrons. The fraction of sp³-hybridized carbons (Fsp3) is 0.800. The van der Waals surface area contributed by atoms with Gasteiger partial charge in [-0.05, 0) is 0 Å². The number of carboxylic acid groups (broad SMARTS) is 1. The summed E-state index contributed by atoms with van der Waals surface area (Å²) < 4.78 is 30.9. The Morgan fingerprint density at radius 2 is 1.04 bits per heavy atom. The van der Waals surface area contributed by atoms with Gasteiger partial charge in [-0.3, -0.25) is 0 Å². The van der Waals surface area contributed by atoms with E-state index in [9.17, 15) is 4.79 Å². The number of aliphatic carboxylic acids is 1. The van der Waals surface area contributed by atoms with Crippen LogP contribution >= 0.6 is 0 Å². The van der Waals surface area contributed by atoms with E-state index in [-0.39, 0.29) is 13.2 Å². The van der Waals surface area contributed by atoms with Crippen molar-refractivity contribution < 1.29 is 38.3 Å². The first kappa shape index (κ1) is 21.8. The van der Waals surface area contributed by atoms with Crippen molar-refractivity contribution in [3.05, 3.63) is 0 Å². The highest BCUT2D eigenvalue weighted by Crippen LogP contribution is 1.84. The molecule has 23 heavy (non-hydrogen) atoms. The Balaban J connectivity index is 2.97. The first-order chi connectivity index (χ1) is 11.3. The van der Waals surface area contributed by atoms with E-state index in [4.69, 9.17) is 40.0 Å². The monoisotopic (exact) mass is 334 g/mol. The van der Waals surface area contributed by atoms with Crippen LogP contribution in [0, 0.1) is 12.3 Å². The van der Waals surface area contributed by atoms with Crippen LogP contribution in [0.25, 0.3) is 0 Å². The Bertz CT molecular complexity index is 302. The zero-order valence-electron chi connectivity index (χ0n) is 13.4. The van der Waals surface area contributed by atoms with Gasteiger partial charge < -0.3 is 33.5 Å². The first-order valence-corrected chi connectivity index (χ1v) is 7.39. The lowest BCUT2D eigenvalue weighted by molar-refractivity contribution is -0.142. The van der Waals surface area contributed by atoms with Crippen LogP contribution in [0.4, 0.5) is 0 Å². The summed E-state index contributed by atoms with van der Waals surface area (Å²) in [5.74, 6) is 1.38. The van der Waals surface area contributed by atoms with E-state index in [2.05, 4.69) is 5.92 Å². The maximum absolute atomic E-state index is 10.2. The van der Waals surface area contributed by atoms with Crippen LogP contribution in [0.2, 0.25) is 0 Å². The molecule has 0 heterocycles. The molecule has 0 aromatic rings. The molecule has 0 fully saturated rings. The van der Waals surface area contributed by atoms with Gasteiger partial charge in [0.2, 0.25) is 0 Å². The number of hydrogen-bond acceptors (Lipinski definition) is 7. The molecular weight excluding hydrogens is 308 g/mol. The van der Waals surface area contributed by atoms with Crippen molar-refractivity contribution in [2.45, 2.75) is 0 Å². The Morgan fingerprint density at radius 3 is 1.39 bits per heavy atom. The van der Waals surface area contributed by atoms with Gasteiger partial charge in [-0.2, -0.15) is 0 Å². The van der Waals surface area contributed by atoms with Crippen molar-refractivity contribution in [1.82, 2.24) is 0 Å². The summed E-state index contributed by atoms with van der Waals surface area (Å²) in [7, 11) is 0. The lowest BCUT2D eigenvalue weighted by Crippen LogP contribution is -2.15. The third-order valence-corrected chi connectivity index (χ3v) is 2.27. The summed E-state index contributed by atoms with van der Waals surface area (Å²) in [4.78, 5) is 10.2. The van der Waals surface area contributed by atoms with Crippen LogP contribution in [-0.4, -0.2) is 90.4 Å². The SMILES string of the molecule is C#CCOCCOCCOCCOCCOCCOCC(=O)O. The minimum absolute atomic E-state index is 0.253. The predicted octanol–water partition coefficient (Wildman–Crippen LogP) is -0.196. The van der Waals surface area contributed by atoms with E-state index in [1.54, 1.807) is 0 Å². The van der Waals surface area contributed by atoms with Gasteiger partial charge in [0, 0.05) is 0 Å². The van der Waals surface area contributed by atoms with Gasteiger partial charge >= 0.3 is 5.97 Å². The lowest BCUT2D eigenvalue weighted by atomic mass is 10.6. The Kier molecular flexibility index (Phi) is 17.8. The Morgan fingerprint density at radius 1 is 0.696 bits per heavy atom. The maximum atomic E-state index is 10.2. The molecule has 0 saturated carbocycles. The molecule has 0 aliphatic rings. The van der Waals surface area contributed by atoms with Gasteiger partial charge in [0.05, 0.1) is 66.1 Å². The van der Waals surface area contributed by atoms with Gasteiger partial charge in [0.25, 0.3) is 0 Å². The Labute approximate surface area is 136 Å². The topological polar surface area (TPSA) is 92.7 Å². The summed E-state index contributed by atoms with van der Waals surface area (Å²) in [5.41, 5.74) is 0. The van der Waals surface area contributed by atoms with Gasteiger partial charge in [0.1, 0.15) is 13.2 Å². The molecule has 0 aliphatic heterocycles. The van der Waals surface area contributed by atoms with Gasteiger partial charge in [-0.1, -0.05) is 5.92 Å². The van der Waals surface area contributed by atoms with Crippen molar-refractivity contribution in [1.29, 1.82) is 0 Å². The highest BCUT2D eigenvalue weighted by molar-refractivity contribution is 5.67. The van der Waals surface area contributed by atoms with E-state index >= 15 is 0 Å². The lowest BCUT2D eigenvalue weighted by Gasteiger charge is -2.07. The van der Waals surface area contributed by atoms with Crippen LogP contribution in [-0.2, 0) is 33.2 Å². The second kappa shape index (κ2) is 18.8. The van der Waals surface area contributed by atoms with Crippen molar-refractivity contribution in [2.75, 3.05) is 79.3 Å². The molecule has 134 valence electrons. The van der Waals surface area contributed by atoms with E-state index in [0.29, 0.717) is 66.1 Å². The van der Waals surface area contributed by atoms with Crippen LogP contribution in [0.3, 0.4) is 0 Å². The molecule has 0 amide bonds. The third-order valence-electron chi connectivity index (χ3n) is 2.27. The number of rotatable bonds is 18. The molecule has 0 aromatic carbocycles. The summed E-state index contributed by atoms with van der Waals surface area (Å²) >= 11 is 0. The van der Waals surface area contributed by atoms with E-state index < -0.39 is 5.97 Å². The average molecular weight is 334 g/mol. The number of ether oxygens (including phenoxy) is 6. The second-order valence-electron chi connectivity index (χ2n) is 4.15. The molecule has 0 atom stereocenters. The van der Waals surface area contributed by atoms with E-state index in [1.807, 2.05) is 0 Å². The van der Waals surface area contributed by atoms with Gasteiger partial charge in [-0.15, -0.1) is 6.42 Å². The highest BCUT2D eigenvalue weighted by atomic mass is 16.6. The van der Waals surface area contributed by atoms with Crippen molar-refractivity contribution in [3.8, 4) is 12.3 Å². The van der Waals surface area contributed by atoms with Gasteiger partial charge in [-0.25, -0.2) is 4.79 Å². The molecule has 0 spiro atoms. The molecular formula is C15H26O8. The molecule has 0 aromatic heterocycles. The molecule has 1 N–H and O–H groups in total. The number of carbonyl (C=O) groups is 1. The molecule has 0 saturated heterocycles. The van der Waals surface area contributed by atoms with Crippen LogP contribution in [0.1, 0.15) is 0 Å². The molecule has 8 heteroatoms. The summed E-state index contributed by atoms with van der Waals surface area (Å²) in [6, 6.07) is 0. The standard InChI is InChI=1S/C15H26O8/c1-2-3-18-4-5-19-6-7-20-8-9-21-10-11-22-12-13-23-14-15(16)17/h1H,3-14H2,(H,16,17). The van der Waals surface area contributed by atoms with Crippen LogP contribution in [0.15, 0.2) is 0 Å². The molecule has 0 bridgehead atoms. The largest absolute Gasteiger partial charge is 0.480 e. The Hall–Kier alpha value is -1.21. The van der Waals surface area contributed by atoms with E-state index in [0.717, 1.165) is 0 Å². The highest BCUT2D eigenvalue weighted by Gasteiger charge is 1.96. The quantitative estimate of drug-likeness (QED) is 0.272. The summed E-state index contributed by atoms with van der Waals surface area (Å²) in [5, 5.41) is 8.33. The van der Waals surface area contributed by atoms with Crippen LogP contribution < -0.4 is 0 Å². The normalized spacial score (nSPS) is 10.6. The smallest absolute Gasteiger partial charge is 0.329 e. The minimum Gasteiger partial charge on any atom is -0.480 e. The summed E-state index contributed by atoms with van der Waals surface area (Å²) in [6.07, 6.45) is 5.02. The third kappa shape index (κ3) is 20.8. The van der Waals surface area contributed by atoms with Gasteiger partial charge in [0.15, 0.2) is 0 Å². The molecule has 8 nitrogen and oxygen atoms in total. The zero-order valence-corrected chi connectivity index (χ0v) is 13.4. The van der Waals surface area contributed by atoms with Crippen LogP contribution in [0.5, 0.6) is 0 Å². The number of hydrogen-bond donors (Lipinski definition) is 1. The number of terminal acetylenes is 1. The van der Waals surface area contributed by atoms with E-state index in [1.165, 1.54) is 0 Å². The first-order valence-electron chi connectivity index (χ1n) is 7.39. The summed E-state index contributed by atoms with van der Waals surface area (Å²) in [6.45, 7) is 4.40. The molecule has 0 rings (SSSR count). The average Bonchev–Trinajstić information content (AvgIpc) is 2.53. The minimum atomic E-state index is -0.990. The molecule has 0 unspecified atom stereocenters. The fourth-order valence-electron chi connectivity index (χ4n) is 1.29. The zero-order chi connectivity index (χ0) is 17.0. The van der Waals surface area contributed by atoms with Crippen molar-refractivity contribution in [3.63, 3.8) is 0 Å².